The van der Waals surface area contributed by atoms with Crippen LogP contribution in [0.2, 0.25) is 0 Å². The van der Waals surface area contributed by atoms with Gasteiger partial charge in [-0.1, -0.05) is 36.4 Å². The van der Waals surface area contributed by atoms with Crippen LogP contribution >= 0.6 is 11.6 Å². The summed E-state index contributed by atoms with van der Waals surface area (Å²) in [5, 5.41) is 0. The fraction of sp³-hybridized carbons (Fsp3) is 0.200. The normalized spacial score (nSPS) is 7.17. The van der Waals surface area contributed by atoms with Crippen LogP contribution in [0.25, 0.3) is 0 Å². The Hall–Kier alpha value is -0.790. The van der Waals surface area contributed by atoms with Gasteiger partial charge in [-0.25, -0.2) is 0 Å². The Morgan fingerprint density at radius 2 is 1.75 bits per heavy atom. The first-order valence-electron chi connectivity index (χ1n) is 3.46. The highest BCUT2D eigenvalue weighted by atomic mass is 35.5. The molecule has 0 spiro atoms. The van der Waals surface area contributed by atoms with Crippen molar-refractivity contribution in [1.82, 2.24) is 6.15 Å². The van der Waals surface area contributed by atoms with Crippen LogP contribution in [0.1, 0.15) is 5.56 Å². The van der Waals surface area contributed by atoms with Crippen LogP contribution in [0.3, 0.4) is 0 Å². The average Bonchev–Trinajstić information content (AvgIpc) is 2.11. The molecule has 12 heavy (non-hydrogen) atoms. The molecule has 2 heteroatoms. The molecule has 0 aliphatic heterocycles. The predicted molar refractivity (Wildman–Crippen MR) is 57.1 cm³/mol. The summed E-state index contributed by atoms with van der Waals surface area (Å²) in [6.07, 6.45) is 4.36. The van der Waals surface area contributed by atoms with Crippen molar-refractivity contribution in [2.75, 3.05) is 6.38 Å². The molecular weight excluding hydrogens is 170 g/mol. The van der Waals surface area contributed by atoms with E-state index in [9.17, 15) is 0 Å². The van der Waals surface area contributed by atoms with Crippen molar-refractivity contribution in [2.24, 2.45) is 0 Å². The van der Waals surface area contributed by atoms with Crippen molar-refractivity contribution < 1.29 is 0 Å². The third-order valence-electron chi connectivity index (χ3n) is 1.22. The van der Waals surface area contributed by atoms with Gasteiger partial charge in [-0.2, -0.15) is 0 Å². The fourth-order valence-corrected chi connectivity index (χ4v) is 0.781. The van der Waals surface area contributed by atoms with E-state index in [1.54, 1.807) is 0 Å². The minimum atomic E-state index is 0. The topological polar surface area (TPSA) is 35.0 Å². The molecule has 1 nitrogen and oxygen atoms in total. The first kappa shape index (κ1) is 13.8. The van der Waals surface area contributed by atoms with Crippen LogP contribution in [0.5, 0.6) is 0 Å². The molecule has 1 aromatic carbocycles. The number of hydrogen-bond donors (Lipinski definition) is 1. The first-order valence-corrected chi connectivity index (χ1v) is 4.21. The maximum absolute atomic E-state index is 4.64. The maximum atomic E-state index is 4.64. The standard InChI is InChI=1S/C9H10.CH3Cl.H3N/c1-2-6-9-7-4-3-5-8-9;1-2;/h2-5,7-8H,1,6H2;1H3;1H3. The molecule has 0 unspecified atom stereocenters. The highest BCUT2D eigenvalue weighted by molar-refractivity contribution is 6.15. The van der Waals surface area contributed by atoms with Crippen LogP contribution in [-0.4, -0.2) is 6.38 Å². The van der Waals surface area contributed by atoms with Gasteiger partial charge in [-0.3, -0.25) is 0 Å². The van der Waals surface area contributed by atoms with Gasteiger partial charge >= 0.3 is 0 Å². The third kappa shape index (κ3) is 5.96. The Morgan fingerprint density at radius 3 is 2.17 bits per heavy atom. The van der Waals surface area contributed by atoms with E-state index < -0.39 is 0 Å². The third-order valence-corrected chi connectivity index (χ3v) is 1.22. The smallest absolute Gasteiger partial charge is 0.0108 e. The zero-order valence-electron chi connectivity index (χ0n) is 7.46. The lowest BCUT2D eigenvalue weighted by atomic mass is 10.2. The van der Waals surface area contributed by atoms with Crippen molar-refractivity contribution in [3.63, 3.8) is 0 Å². The lowest BCUT2D eigenvalue weighted by molar-refractivity contribution is 1.28. The molecule has 0 bridgehead atoms. The number of hydrogen-bond acceptors (Lipinski definition) is 1. The van der Waals surface area contributed by atoms with Crippen molar-refractivity contribution >= 4 is 11.6 Å². The Labute approximate surface area is 79.6 Å². The molecule has 0 aliphatic carbocycles. The van der Waals surface area contributed by atoms with Crippen LogP contribution in [-0.2, 0) is 6.42 Å². The summed E-state index contributed by atoms with van der Waals surface area (Å²) in [6, 6.07) is 10.3. The summed E-state index contributed by atoms with van der Waals surface area (Å²) in [6.45, 7) is 3.66. The van der Waals surface area contributed by atoms with E-state index in [1.807, 2.05) is 24.3 Å². The number of alkyl halides is 1. The van der Waals surface area contributed by atoms with Gasteiger partial charge in [0.25, 0.3) is 0 Å². The molecule has 0 saturated carbocycles. The van der Waals surface area contributed by atoms with Crippen LogP contribution < -0.4 is 6.15 Å². The number of benzene rings is 1. The van der Waals surface area contributed by atoms with Crippen LogP contribution in [0.15, 0.2) is 43.0 Å². The number of allylic oxidation sites excluding steroid dienone is 1. The maximum Gasteiger partial charge on any atom is 0.0108 e. The molecule has 0 aromatic heterocycles. The average molecular weight is 186 g/mol. The minimum Gasteiger partial charge on any atom is -0.344 e. The van der Waals surface area contributed by atoms with E-state index in [4.69, 9.17) is 0 Å². The van der Waals surface area contributed by atoms with Gasteiger partial charge in [0.15, 0.2) is 0 Å². The second-order valence-electron chi connectivity index (χ2n) is 1.98. The molecule has 68 valence electrons. The van der Waals surface area contributed by atoms with E-state index >= 15 is 0 Å². The molecule has 0 fully saturated rings. The second kappa shape index (κ2) is 10.2. The van der Waals surface area contributed by atoms with Gasteiger partial charge < -0.3 is 6.15 Å². The molecule has 3 N–H and O–H groups in total. The Balaban J connectivity index is 0. The quantitative estimate of drug-likeness (QED) is 0.556. The number of rotatable bonds is 2. The van der Waals surface area contributed by atoms with E-state index in [0.29, 0.717) is 0 Å². The van der Waals surface area contributed by atoms with Crippen molar-refractivity contribution in [1.29, 1.82) is 0 Å². The molecular formula is C10H16ClN. The summed E-state index contributed by atoms with van der Waals surface area (Å²) in [7, 11) is 0. The summed E-state index contributed by atoms with van der Waals surface area (Å²) < 4.78 is 0. The lowest BCUT2D eigenvalue weighted by Gasteiger charge is -1.91. The molecule has 0 heterocycles. The Bertz CT molecular complexity index is 184. The van der Waals surface area contributed by atoms with Crippen LogP contribution in [0.4, 0.5) is 0 Å². The van der Waals surface area contributed by atoms with E-state index in [2.05, 4.69) is 30.3 Å². The van der Waals surface area contributed by atoms with Crippen molar-refractivity contribution in [3.8, 4) is 0 Å². The SMILES string of the molecule is C=CCc1ccccc1.CCl.N. The van der Waals surface area contributed by atoms with E-state index in [1.165, 1.54) is 11.9 Å². The summed E-state index contributed by atoms with van der Waals surface area (Å²) in [4.78, 5) is 0. The van der Waals surface area contributed by atoms with Gasteiger partial charge in [0, 0.05) is 6.38 Å². The first-order chi connectivity index (χ1) is 5.43. The second-order valence-corrected chi connectivity index (χ2v) is 1.98. The van der Waals surface area contributed by atoms with Crippen LogP contribution in [0, 0.1) is 0 Å². The molecule has 0 radical (unpaired) electrons. The lowest BCUT2D eigenvalue weighted by Crippen LogP contribution is -1.75. The van der Waals surface area contributed by atoms with E-state index in [-0.39, 0.29) is 6.15 Å². The molecule has 0 saturated heterocycles. The van der Waals surface area contributed by atoms with Gasteiger partial charge in [0.05, 0.1) is 0 Å². The van der Waals surface area contributed by atoms with Crippen molar-refractivity contribution in [3.05, 3.63) is 48.6 Å². The highest BCUT2D eigenvalue weighted by Gasteiger charge is 1.82. The van der Waals surface area contributed by atoms with Gasteiger partial charge in [0.1, 0.15) is 0 Å². The summed E-state index contributed by atoms with van der Waals surface area (Å²) >= 11 is 4.64. The monoisotopic (exact) mass is 185 g/mol. The summed E-state index contributed by atoms with van der Waals surface area (Å²) in [5.74, 6) is 0. The molecule has 1 aromatic rings. The molecule has 0 aliphatic rings. The molecule has 1 rings (SSSR count). The molecule has 0 amide bonds. The predicted octanol–water partition coefficient (Wildman–Crippen LogP) is 3.43. The highest BCUT2D eigenvalue weighted by Crippen LogP contribution is 1.98. The zero-order chi connectivity index (χ0) is 8.53. The Morgan fingerprint density at radius 1 is 1.25 bits per heavy atom. The zero-order valence-corrected chi connectivity index (χ0v) is 8.22. The largest absolute Gasteiger partial charge is 0.344 e. The van der Waals surface area contributed by atoms with Gasteiger partial charge in [-0.05, 0) is 12.0 Å². The van der Waals surface area contributed by atoms with E-state index in [0.717, 1.165) is 6.42 Å². The fourth-order valence-electron chi connectivity index (χ4n) is 0.781. The van der Waals surface area contributed by atoms with Gasteiger partial charge in [-0.15, -0.1) is 18.2 Å². The number of halogens is 1. The van der Waals surface area contributed by atoms with Gasteiger partial charge in [0.2, 0.25) is 0 Å². The van der Waals surface area contributed by atoms with Crippen molar-refractivity contribution in [2.45, 2.75) is 6.42 Å². The molecule has 0 atom stereocenters. The Kier molecular flexibility index (Phi) is 11.7. The summed E-state index contributed by atoms with van der Waals surface area (Å²) in [5.41, 5.74) is 1.33. The minimum absolute atomic E-state index is 0.